The van der Waals surface area contributed by atoms with E-state index >= 15 is 0 Å². The summed E-state index contributed by atoms with van der Waals surface area (Å²) in [6.45, 7) is 4.60. The maximum absolute atomic E-state index is 2.30. The molecule has 0 heteroatoms. The zero-order valence-electron chi connectivity index (χ0n) is 12.3. The van der Waals surface area contributed by atoms with E-state index in [1.165, 1.54) is 64.2 Å². The molecule has 2 atom stereocenters. The zero-order chi connectivity index (χ0) is 12.3. The first kappa shape index (κ1) is 15.1. The average Bonchev–Trinajstić information content (AvgIpc) is 3.07. The van der Waals surface area contributed by atoms with Gasteiger partial charge in [-0.3, -0.25) is 0 Å². The minimum absolute atomic E-state index is 1.14. The Morgan fingerprint density at radius 2 is 1.00 bits per heavy atom. The molecule has 0 nitrogen and oxygen atoms in total. The van der Waals surface area contributed by atoms with E-state index in [1.54, 1.807) is 19.3 Å². The summed E-state index contributed by atoms with van der Waals surface area (Å²) in [7, 11) is 0. The molecule has 0 radical (unpaired) electrons. The fourth-order valence-electron chi connectivity index (χ4n) is 3.04. The van der Waals surface area contributed by atoms with Gasteiger partial charge in [-0.2, -0.15) is 0 Å². The summed E-state index contributed by atoms with van der Waals surface area (Å²) in [5.41, 5.74) is 0. The van der Waals surface area contributed by atoms with Gasteiger partial charge in [-0.05, 0) is 18.3 Å². The maximum atomic E-state index is 2.30. The van der Waals surface area contributed by atoms with Crippen LogP contribution in [0.25, 0.3) is 0 Å². The Hall–Kier alpha value is 0. The number of hydrogen-bond acceptors (Lipinski definition) is 0. The van der Waals surface area contributed by atoms with Crippen molar-refractivity contribution in [2.45, 2.75) is 97.3 Å². The van der Waals surface area contributed by atoms with E-state index in [4.69, 9.17) is 0 Å². The average molecular weight is 238 g/mol. The lowest BCUT2D eigenvalue weighted by molar-refractivity contribution is 0.520. The summed E-state index contributed by atoms with van der Waals surface area (Å²) in [5.74, 6) is 2.28. The molecule has 17 heavy (non-hydrogen) atoms. The molecule has 1 fully saturated rings. The Balaban J connectivity index is 1.78. The van der Waals surface area contributed by atoms with Gasteiger partial charge in [-0.15, -0.1) is 0 Å². The number of hydrogen-bond donors (Lipinski definition) is 0. The predicted octanol–water partition coefficient (Wildman–Crippen LogP) is 6.34. The van der Waals surface area contributed by atoms with Gasteiger partial charge in [0.25, 0.3) is 0 Å². The fourth-order valence-corrected chi connectivity index (χ4v) is 3.04. The van der Waals surface area contributed by atoms with Crippen LogP contribution in [0.3, 0.4) is 0 Å². The summed E-state index contributed by atoms with van der Waals surface area (Å²) in [4.78, 5) is 0. The highest BCUT2D eigenvalue weighted by molar-refractivity contribution is 4.85. The van der Waals surface area contributed by atoms with Crippen LogP contribution in [-0.4, -0.2) is 0 Å². The quantitative estimate of drug-likeness (QED) is 0.348. The van der Waals surface area contributed by atoms with Gasteiger partial charge >= 0.3 is 0 Å². The molecular weight excluding hydrogens is 204 g/mol. The third kappa shape index (κ3) is 7.84. The van der Waals surface area contributed by atoms with Gasteiger partial charge in [0.1, 0.15) is 0 Å². The Morgan fingerprint density at radius 3 is 1.41 bits per heavy atom. The molecule has 0 heterocycles. The molecule has 0 aromatic rings. The fraction of sp³-hybridized carbons (Fsp3) is 1.00. The molecule has 0 bridgehead atoms. The van der Waals surface area contributed by atoms with Crippen molar-refractivity contribution in [1.29, 1.82) is 0 Å². The Labute approximate surface area is 110 Å². The molecule has 0 aromatic heterocycles. The standard InChI is InChI=1S/C17H34/c1-3-5-7-9-11-13-16-15-17(16)14-12-10-8-6-4-2/h16-17H,3-15H2,1-2H3. The molecule has 2 unspecified atom stereocenters. The first-order valence-electron chi connectivity index (χ1n) is 8.38. The molecule has 102 valence electrons. The highest BCUT2D eigenvalue weighted by Gasteiger charge is 2.34. The van der Waals surface area contributed by atoms with Crippen LogP contribution in [0.15, 0.2) is 0 Å². The van der Waals surface area contributed by atoms with Crippen LogP contribution in [0.5, 0.6) is 0 Å². The van der Waals surface area contributed by atoms with Crippen LogP contribution in [0.1, 0.15) is 97.3 Å². The predicted molar refractivity (Wildman–Crippen MR) is 78.3 cm³/mol. The smallest absolute Gasteiger partial charge is 0.0383 e. The van der Waals surface area contributed by atoms with Crippen LogP contribution < -0.4 is 0 Å². The Kier molecular flexibility index (Phi) is 8.83. The molecule has 0 N–H and O–H groups in total. The molecule has 0 saturated heterocycles. The normalized spacial score (nSPS) is 22.9. The van der Waals surface area contributed by atoms with Crippen molar-refractivity contribution >= 4 is 0 Å². The van der Waals surface area contributed by atoms with E-state index in [0.29, 0.717) is 0 Å². The lowest BCUT2D eigenvalue weighted by Gasteiger charge is -2.01. The SMILES string of the molecule is CCCCCCCC1CC1CCCCCCC. The largest absolute Gasteiger partial charge is 0.0654 e. The highest BCUT2D eigenvalue weighted by atomic mass is 14.4. The van der Waals surface area contributed by atoms with E-state index in [2.05, 4.69) is 13.8 Å². The van der Waals surface area contributed by atoms with Crippen molar-refractivity contribution in [1.82, 2.24) is 0 Å². The minimum Gasteiger partial charge on any atom is -0.0654 e. The number of unbranched alkanes of at least 4 members (excludes halogenated alkanes) is 8. The summed E-state index contributed by atoms with van der Waals surface area (Å²) < 4.78 is 0. The van der Waals surface area contributed by atoms with E-state index in [0.717, 1.165) is 11.8 Å². The van der Waals surface area contributed by atoms with Gasteiger partial charge < -0.3 is 0 Å². The van der Waals surface area contributed by atoms with Crippen molar-refractivity contribution < 1.29 is 0 Å². The molecule has 0 amide bonds. The summed E-state index contributed by atoms with van der Waals surface area (Å²) >= 11 is 0. The highest BCUT2D eigenvalue weighted by Crippen LogP contribution is 2.45. The zero-order valence-corrected chi connectivity index (χ0v) is 12.3. The van der Waals surface area contributed by atoms with E-state index in [1.807, 2.05) is 0 Å². The molecule has 1 rings (SSSR count). The molecule has 1 aliphatic rings. The first-order chi connectivity index (χ1) is 8.38. The second-order valence-corrected chi connectivity index (χ2v) is 6.16. The molecule has 0 spiro atoms. The minimum atomic E-state index is 1.14. The Morgan fingerprint density at radius 1 is 0.588 bits per heavy atom. The third-order valence-electron chi connectivity index (χ3n) is 4.43. The second-order valence-electron chi connectivity index (χ2n) is 6.16. The molecule has 1 saturated carbocycles. The topological polar surface area (TPSA) is 0 Å². The van der Waals surface area contributed by atoms with Crippen molar-refractivity contribution in [3.63, 3.8) is 0 Å². The molecule has 0 aliphatic heterocycles. The van der Waals surface area contributed by atoms with E-state index < -0.39 is 0 Å². The molecular formula is C17H34. The van der Waals surface area contributed by atoms with Gasteiger partial charge in [0.2, 0.25) is 0 Å². The summed E-state index contributed by atoms with van der Waals surface area (Å²) in [6, 6.07) is 0. The van der Waals surface area contributed by atoms with E-state index in [9.17, 15) is 0 Å². The summed E-state index contributed by atoms with van der Waals surface area (Å²) in [5, 5.41) is 0. The van der Waals surface area contributed by atoms with Gasteiger partial charge in [0.05, 0.1) is 0 Å². The van der Waals surface area contributed by atoms with Gasteiger partial charge in [-0.1, -0.05) is 90.9 Å². The maximum Gasteiger partial charge on any atom is -0.0383 e. The van der Waals surface area contributed by atoms with Crippen LogP contribution >= 0.6 is 0 Å². The first-order valence-corrected chi connectivity index (χ1v) is 8.38. The second kappa shape index (κ2) is 9.97. The van der Waals surface area contributed by atoms with Crippen molar-refractivity contribution in [2.75, 3.05) is 0 Å². The van der Waals surface area contributed by atoms with Crippen LogP contribution in [0.2, 0.25) is 0 Å². The van der Waals surface area contributed by atoms with Crippen molar-refractivity contribution in [3.05, 3.63) is 0 Å². The Bertz CT molecular complexity index is 143. The van der Waals surface area contributed by atoms with Crippen molar-refractivity contribution in [2.24, 2.45) is 11.8 Å². The van der Waals surface area contributed by atoms with Gasteiger partial charge in [-0.25, -0.2) is 0 Å². The molecule has 0 aromatic carbocycles. The van der Waals surface area contributed by atoms with Crippen LogP contribution in [-0.2, 0) is 0 Å². The van der Waals surface area contributed by atoms with Crippen molar-refractivity contribution in [3.8, 4) is 0 Å². The van der Waals surface area contributed by atoms with Gasteiger partial charge in [0, 0.05) is 0 Å². The summed E-state index contributed by atoms with van der Waals surface area (Å²) in [6.07, 6.45) is 19.3. The van der Waals surface area contributed by atoms with E-state index in [-0.39, 0.29) is 0 Å². The van der Waals surface area contributed by atoms with Crippen LogP contribution in [0.4, 0.5) is 0 Å². The lowest BCUT2D eigenvalue weighted by Crippen LogP contribution is -1.86. The van der Waals surface area contributed by atoms with Gasteiger partial charge in [0.15, 0.2) is 0 Å². The monoisotopic (exact) mass is 238 g/mol. The van der Waals surface area contributed by atoms with Crippen LogP contribution in [0, 0.1) is 11.8 Å². The third-order valence-corrected chi connectivity index (χ3v) is 4.43. The number of rotatable bonds is 12. The lowest BCUT2D eigenvalue weighted by atomic mass is 10.0. The molecule has 1 aliphatic carbocycles.